The highest BCUT2D eigenvalue weighted by Crippen LogP contribution is 2.26. The molecule has 0 fully saturated rings. The Morgan fingerprint density at radius 2 is 2.10 bits per heavy atom. The molecule has 0 aliphatic rings. The van der Waals surface area contributed by atoms with Gasteiger partial charge in [-0.15, -0.1) is 11.3 Å². The molecule has 0 saturated heterocycles. The van der Waals surface area contributed by atoms with E-state index in [4.69, 9.17) is 9.47 Å². The lowest BCUT2D eigenvalue weighted by atomic mass is 10.2. The molecular weight excluding hydrogens is 388 g/mol. The molecule has 150 valence electrons. The van der Waals surface area contributed by atoms with Crippen molar-refractivity contribution in [2.24, 2.45) is 0 Å². The molecule has 1 aromatic carbocycles. The van der Waals surface area contributed by atoms with Gasteiger partial charge < -0.3 is 14.5 Å². The van der Waals surface area contributed by atoms with Crippen LogP contribution in [0, 0.1) is 6.92 Å². The number of nitrogens with zero attached hydrogens (tertiary/aromatic N) is 5. The van der Waals surface area contributed by atoms with Gasteiger partial charge in [-0.2, -0.15) is 5.10 Å². The van der Waals surface area contributed by atoms with Gasteiger partial charge in [0.05, 0.1) is 6.54 Å². The molecular formula is C20H22N6O2S. The van der Waals surface area contributed by atoms with Gasteiger partial charge in [-0.25, -0.2) is 19.6 Å². The van der Waals surface area contributed by atoms with E-state index in [2.05, 4.69) is 25.0 Å². The number of hydrogen-bond acceptors (Lipinski definition) is 7. The molecule has 0 radical (unpaired) electrons. The van der Waals surface area contributed by atoms with Crippen LogP contribution in [0.25, 0.3) is 22.4 Å². The summed E-state index contributed by atoms with van der Waals surface area (Å²) in [6.45, 7) is 5.98. The van der Waals surface area contributed by atoms with Gasteiger partial charge in [0.2, 0.25) is 0 Å². The van der Waals surface area contributed by atoms with Crippen LogP contribution in [0.1, 0.15) is 18.3 Å². The highest BCUT2D eigenvalue weighted by Gasteiger charge is 2.17. The van der Waals surface area contributed by atoms with Gasteiger partial charge in [0.25, 0.3) is 0 Å². The Hall–Kier alpha value is -3.04. The summed E-state index contributed by atoms with van der Waals surface area (Å²) in [6.07, 6.45) is 3.49. The van der Waals surface area contributed by atoms with Crippen LogP contribution in [0.3, 0.4) is 0 Å². The maximum Gasteiger partial charge on any atom is 0.178 e. The van der Waals surface area contributed by atoms with Crippen molar-refractivity contribution in [1.82, 2.24) is 29.7 Å². The van der Waals surface area contributed by atoms with Crippen molar-refractivity contribution >= 4 is 11.3 Å². The lowest BCUT2D eigenvalue weighted by Crippen LogP contribution is -2.11. The molecule has 0 saturated carbocycles. The van der Waals surface area contributed by atoms with E-state index in [1.165, 1.54) is 11.3 Å². The third-order valence-electron chi connectivity index (χ3n) is 4.24. The van der Waals surface area contributed by atoms with E-state index in [9.17, 15) is 0 Å². The average molecular weight is 411 g/mol. The topological polar surface area (TPSA) is 90.7 Å². The molecule has 29 heavy (non-hydrogen) atoms. The minimum absolute atomic E-state index is 0.365. The van der Waals surface area contributed by atoms with Crippen LogP contribution in [0.5, 0.6) is 5.75 Å². The number of aromatic amines is 1. The maximum absolute atomic E-state index is 5.93. The summed E-state index contributed by atoms with van der Waals surface area (Å²) in [5.41, 5.74) is 1.86. The Morgan fingerprint density at radius 1 is 1.21 bits per heavy atom. The summed E-state index contributed by atoms with van der Waals surface area (Å²) in [4.78, 5) is 16.7. The van der Waals surface area contributed by atoms with Crippen molar-refractivity contribution in [2.45, 2.75) is 27.0 Å². The van der Waals surface area contributed by atoms with Gasteiger partial charge in [-0.3, -0.25) is 0 Å². The summed E-state index contributed by atoms with van der Waals surface area (Å²) in [5, 5.41) is 7.36. The number of ether oxygens (including phenoxy) is 2. The van der Waals surface area contributed by atoms with Crippen molar-refractivity contribution in [3.8, 4) is 28.1 Å². The number of nitrogens with one attached hydrogen (secondary N) is 1. The first-order valence-electron chi connectivity index (χ1n) is 9.40. The quantitative estimate of drug-likeness (QED) is 0.452. The number of imidazole rings is 1. The zero-order valence-corrected chi connectivity index (χ0v) is 17.1. The SMILES string of the molecule is CCOCc1nc(-c2csc(-c3ncc[nH]3)n2)n(CCOc2ccccc2C)n1. The standard InChI is InChI=1S/C20H22N6O2S/c1-3-27-12-17-24-19(15-13-29-20(23-15)18-21-8-9-22-18)26(25-17)10-11-28-16-7-5-4-6-14(16)2/h4-9,13H,3,10-12H2,1-2H3,(H,21,22). The number of hydrogen-bond donors (Lipinski definition) is 1. The molecule has 3 aromatic heterocycles. The third kappa shape index (κ3) is 4.52. The Kier molecular flexibility index (Phi) is 5.97. The molecule has 0 spiro atoms. The average Bonchev–Trinajstić information content (AvgIpc) is 3.48. The largest absolute Gasteiger partial charge is 0.491 e. The smallest absolute Gasteiger partial charge is 0.178 e. The highest BCUT2D eigenvalue weighted by atomic mass is 32.1. The number of thiazole rings is 1. The maximum atomic E-state index is 5.93. The van der Waals surface area contributed by atoms with E-state index in [-0.39, 0.29) is 0 Å². The number of aromatic nitrogens is 6. The number of rotatable bonds is 9. The monoisotopic (exact) mass is 410 g/mol. The summed E-state index contributed by atoms with van der Waals surface area (Å²) >= 11 is 1.51. The molecule has 8 nitrogen and oxygen atoms in total. The van der Waals surface area contributed by atoms with Crippen LogP contribution in [0.4, 0.5) is 0 Å². The molecule has 0 unspecified atom stereocenters. The normalized spacial score (nSPS) is 11.1. The Labute approximate surface area is 172 Å². The van der Waals surface area contributed by atoms with Crippen LogP contribution >= 0.6 is 11.3 Å². The second-order valence-corrected chi connectivity index (χ2v) is 7.16. The fraction of sp³-hybridized carbons (Fsp3) is 0.300. The molecule has 0 amide bonds. The molecule has 0 aliphatic carbocycles. The Balaban J connectivity index is 1.54. The van der Waals surface area contributed by atoms with Crippen LogP contribution in [0.2, 0.25) is 0 Å². The molecule has 0 aliphatic heterocycles. The first-order chi connectivity index (χ1) is 14.2. The van der Waals surface area contributed by atoms with Crippen LogP contribution in [0.15, 0.2) is 42.0 Å². The molecule has 1 N–H and O–H groups in total. The number of benzene rings is 1. The zero-order chi connectivity index (χ0) is 20.1. The summed E-state index contributed by atoms with van der Waals surface area (Å²) in [5.74, 6) is 2.94. The molecule has 0 bridgehead atoms. The highest BCUT2D eigenvalue weighted by molar-refractivity contribution is 7.13. The number of para-hydroxylation sites is 1. The van der Waals surface area contributed by atoms with Gasteiger partial charge in [0, 0.05) is 24.4 Å². The predicted octanol–water partition coefficient (Wildman–Crippen LogP) is 3.72. The number of aryl methyl sites for hydroxylation is 1. The van der Waals surface area contributed by atoms with Gasteiger partial charge in [0.15, 0.2) is 22.5 Å². The predicted molar refractivity (Wildman–Crippen MR) is 111 cm³/mol. The summed E-state index contributed by atoms with van der Waals surface area (Å²) in [6, 6.07) is 7.96. The first-order valence-corrected chi connectivity index (χ1v) is 10.3. The van der Waals surface area contributed by atoms with E-state index in [1.807, 2.05) is 48.2 Å². The van der Waals surface area contributed by atoms with E-state index >= 15 is 0 Å². The molecule has 0 atom stereocenters. The van der Waals surface area contributed by atoms with Gasteiger partial charge in [-0.1, -0.05) is 18.2 Å². The molecule has 4 aromatic rings. The third-order valence-corrected chi connectivity index (χ3v) is 5.09. The molecule has 3 heterocycles. The fourth-order valence-corrected chi connectivity index (χ4v) is 3.57. The van der Waals surface area contributed by atoms with Gasteiger partial charge in [0.1, 0.15) is 24.7 Å². The second kappa shape index (κ2) is 8.97. The van der Waals surface area contributed by atoms with E-state index in [1.54, 1.807) is 12.4 Å². The Morgan fingerprint density at radius 3 is 2.90 bits per heavy atom. The van der Waals surface area contributed by atoms with Crippen molar-refractivity contribution in [3.05, 3.63) is 53.4 Å². The van der Waals surface area contributed by atoms with Crippen LogP contribution < -0.4 is 4.74 Å². The molecule has 4 rings (SSSR count). The van der Waals surface area contributed by atoms with Crippen molar-refractivity contribution in [2.75, 3.05) is 13.2 Å². The minimum Gasteiger partial charge on any atom is -0.491 e. The van der Waals surface area contributed by atoms with Crippen LogP contribution in [-0.4, -0.2) is 42.9 Å². The van der Waals surface area contributed by atoms with Gasteiger partial charge >= 0.3 is 0 Å². The fourth-order valence-electron chi connectivity index (χ4n) is 2.82. The summed E-state index contributed by atoms with van der Waals surface area (Å²) < 4.78 is 13.2. The number of H-pyrrole nitrogens is 1. The van der Waals surface area contributed by atoms with E-state index in [0.29, 0.717) is 38.0 Å². The van der Waals surface area contributed by atoms with Gasteiger partial charge in [-0.05, 0) is 25.5 Å². The van der Waals surface area contributed by atoms with E-state index in [0.717, 1.165) is 27.8 Å². The van der Waals surface area contributed by atoms with Crippen molar-refractivity contribution < 1.29 is 9.47 Å². The summed E-state index contributed by atoms with van der Waals surface area (Å²) in [7, 11) is 0. The second-order valence-electron chi connectivity index (χ2n) is 6.30. The van der Waals surface area contributed by atoms with Crippen molar-refractivity contribution in [1.29, 1.82) is 0 Å². The lowest BCUT2D eigenvalue weighted by molar-refractivity contribution is 0.128. The van der Waals surface area contributed by atoms with Crippen molar-refractivity contribution in [3.63, 3.8) is 0 Å². The van der Waals surface area contributed by atoms with E-state index < -0.39 is 0 Å². The zero-order valence-electron chi connectivity index (χ0n) is 16.3. The molecule has 9 heteroatoms. The Bertz CT molecular complexity index is 1060. The minimum atomic E-state index is 0.365. The lowest BCUT2D eigenvalue weighted by Gasteiger charge is -2.09. The van der Waals surface area contributed by atoms with Crippen LogP contribution in [-0.2, 0) is 17.9 Å². The first kappa shape index (κ1) is 19.3.